The molecule has 0 amide bonds. The number of hydrogen-bond acceptors (Lipinski definition) is 6. The second-order valence-corrected chi connectivity index (χ2v) is 18.1. The van der Waals surface area contributed by atoms with Gasteiger partial charge < -0.3 is 14.2 Å². The molecule has 1 unspecified atom stereocenters. The van der Waals surface area contributed by atoms with Crippen LogP contribution in [0.1, 0.15) is 265 Å². The van der Waals surface area contributed by atoms with E-state index >= 15 is 0 Å². The third-order valence-electron chi connectivity index (χ3n) is 11.7. The summed E-state index contributed by atoms with van der Waals surface area (Å²) < 4.78 is 16.7. The van der Waals surface area contributed by atoms with Gasteiger partial charge in [-0.2, -0.15) is 0 Å². The van der Waals surface area contributed by atoms with Crippen LogP contribution in [0.2, 0.25) is 0 Å². The van der Waals surface area contributed by atoms with Gasteiger partial charge in [-0.1, -0.05) is 248 Å². The number of esters is 3. The molecular weight excluding hydrogens is 805 g/mol. The van der Waals surface area contributed by atoms with Gasteiger partial charge in [0.2, 0.25) is 0 Å². The molecule has 0 radical (unpaired) electrons. The molecule has 374 valence electrons. The number of ether oxygens (including phenoxy) is 3. The summed E-state index contributed by atoms with van der Waals surface area (Å²) in [5.74, 6) is -0.879. The lowest BCUT2D eigenvalue weighted by Crippen LogP contribution is -2.30. The van der Waals surface area contributed by atoms with Crippen LogP contribution in [-0.2, 0) is 28.6 Å². The van der Waals surface area contributed by atoms with Crippen molar-refractivity contribution in [3.8, 4) is 0 Å². The normalized spacial score (nSPS) is 12.6. The Bertz CT molecular complexity index is 1230. The van der Waals surface area contributed by atoms with Crippen molar-refractivity contribution in [2.45, 2.75) is 271 Å². The van der Waals surface area contributed by atoms with E-state index in [1.807, 2.05) is 0 Å². The summed E-state index contributed by atoms with van der Waals surface area (Å²) in [5, 5.41) is 0. The smallest absolute Gasteiger partial charge is 0.306 e. The summed E-state index contributed by atoms with van der Waals surface area (Å²) in [4.78, 5) is 37.7. The van der Waals surface area contributed by atoms with Crippen molar-refractivity contribution in [2.75, 3.05) is 13.2 Å². The first kappa shape index (κ1) is 61.9. The first-order valence-electron chi connectivity index (χ1n) is 27.4. The number of rotatable bonds is 49. The van der Waals surface area contributed by atoms with Gasteiger partial charge in [-0.25, -0.2) is 0 Å². The van der Waals surface area contributed by atoms with E-state index in [4.69, 9.17) is 14.2 Å². The zero-order valence-electron chi connectivity index (χ0n) is 42.7. The Labute approximate surface area is 402 Å². The van der Waals surface area contributed by atoms with E-state index in [0.29, 0.717) is 19.3 Å². The zero-order chi connectivity index (χ0) is 47.2. The summed E-state index contributed by atoms with van der Waals surface area (Å²) in [7, 11) is 0. The highest BCUT2D eigenvalue weighted by atomic mass is 16.6. The van der Waals surface area contributed by atoms with Gasteiger partial charge in [0.15, 0.2) is 6.10 Å². The standard InChI is InChI=1S/C59H102O6/c1-4-7-10-13-16-19-20-21-22-23-24-25-26-27-28-29-30-31-32-33-34-35-36-37-38-39-40-41-44-46-49-52-58(61)64-55-56(65-59(62)53-50-47-43-18-15-12-9-6-3)54-63-57(60)51-48-45-42-17-14-11-8-5-2/h7,10,16,19,21-22,24-25,27-28,30-31,56H,4-6,8-9,11-15,17-18,20,23,26,29,32-55H2,1-3H3/b10-7-,19-16-,22-21-,25-24-,28-27-,31-30-. The number of allylic oxidation sites excluding steroid dienone is 12. The summed E-state index contributed by atoms with van der Waals surface area (Å²) >= 11 is 0. The first-order chi connectivity index (χ1) is 32.0. The SMILES string of the molecule is CC/C=C\C/C=C\C/C=C\C/C=C\C/C=C\C/C=C\CCCCCCCCCCCCCCC(=O)OCC(COC(=O)CCCCCCCCCC)OC(=O)CCCCCCCCCC. The summed E-state index contributed by atoms with van der Waals surface area (Å²) in [6, 6.07) is 0. The Morgan fingerprint density at radius 3 is 0.938 bits per heavy atom. The van der Waals surface area contributed by atoms with Crippen LogP contribution in [0.15, 0.2) is 72.9 Å². The predicted octanol–water partition coefficient (Wildman–Crippen LogP) is 18.2. The molecule has 6 nitrogen and oxygen atoms in total. The molecular formula is C59H102O6. The van der Waals surface area contributed by atoms with Crippen molar-refractivity contribution in [1.29, 1.82) is 0 Å². The van der Waals surface area contributed by atoms with Crippen molar-refractivity contribution in [1.82, 2.24) is 0 Å². The largest absolute Gasteiger partial charge is 0.462 e. The molecule has 1 atom stereocenters. The molecule has 0 aromatic carbocycles. The fraction of sp³-hybridized carbons (Fsp3) is 0.746. The minimum atomic E-state index is -0.767. The maximum absolute atomic E-state index is 12.7. The van der Waals surface area contributed by atoms with Crippen LogP contribution in [-0.4, -0.2) is 37.2 Å². The van der Waals surface area contributed by atoms with Crippen molar-refractivity contribution < 1.29 is 28.6 Å². The Hall–Kier alpha value is -3.15. The van der Waals surface area contributed by atoms with E-state index in [2.05, 4.69) is 93.7 Å². The molecule has 0 heterocycles. The van der Waals surface area contributed by atoms with Gasteiger partial charge in [-0.05, 0) is 70.6 Å². The summed E-state index contributed by atoms with van der Waals surface area (Å²) in [6.07, 6.45) is 67.9. The molecule has 0 bridgehead atoms. The number of carbonyl (C=O) groups is 3. The van der Waals surface area contributed by atoms with Crippen LogP contribution >= 0.6 is 0 Å². The van der Waals surface area contributed by atoms with E-state index < -0.39 is 6.10 Å². The lowest BCUT2D eigenvalue weighted by molar-refractivity contribution is -0.167. The maximum atomic E-state index is 12.7. The van der Waals surface area contributed by atoms with Crippen molar-refractivity contribution in [3.05, 3.63) is 72.9 Å². The van der Waals surface area contributed by atoms with E-state index in [1.54, 1.807) is 0 Å². The van der Waals surface area contributed by atoms with E-state index in [-0.39, 0.29) is 31.1 Å². The lowest BCUT2D eigenvalue weighted by atomic mass is 10.0. The number of hydrogen-bond donors (Lipinski definition) is 0. The Balaban J connectivity index is 4.00. The molecule has 0 aromatic heterocycles. The Morgan fingerprint density at radius 1 is 0.323 bits per heavy atom. The molecule has 0 aliphatic heterocycles. The summed E-state index contributed by atoms with van der Waals surface area (Å²) in [5.41, 5.74) is 0. The topological polar surface area (TPSA) is 78.9 Å². The van der Waals surface area contributed by atoms with Crippen LogP contribution in [0, 0.1) is 0 Å². The van der Waals surface area contributed by atoms with Gasteiger partial charge in [0.05, 0.1) is 0 Å². The van der Waals surface area contributed by atoms with Gasteiger partial charge in [0, 0.05) is 19.3 Å². The average Bonchev–Trinajstić information content (AvgIpc) is 3.30. The molecule has 6 heteroatoms. The molecule has 0 rings (SSSR count). The highest BCUT2D eigenvalue weighted by Gasteiger charge is 2.19. The van der Waals surface area contributed by atoms with Crippen LogP contribution in [0.4, 0.5) is 0 Å². The average molecular weight is 907 g/mol. The molecule has 65 heavy (non-hydrogen) atoms. The Kier molecular flexibility index (Phi) is 50.9. The second kappa shape index (κ2) is 53.5. The van der Waals surface area contributed by atoms with E-state index in [1.165, 1.54) is 128 Å². The summed E-state index contributed by atoms with van der Waals surface area (Å²) in [6.45, 7) is 6.47. The quantitative estimate of drug-likeness (QED) is 0.0262. The first-order valence-corrected chi connectivity index (χ1v) is 27.4. The highest BCUT2D eigenvalue weighted by molar-refractivity contribution is 5.71. The minimum absolute atomic E-state index is 0.0721. The predicted molar refractivity (Wildman–Crippen MR) is 279 cm³/mol. The third kappa shape index (κ3) is 51.7. The molecule has 0 saturated carbocycles. The van der Waals surface area contributed by atoms with Crippen molar-refractivity contribution in [2.24, 2.45) is 0 Å². The molecule has 0 aliphatic carbocycles. The molecule has 0 N–H and O–H groups in total. The Morgan fingerprint density at radius 2 is 0.600 bits per heavy atom. The lowest BCUT2D eigenvalue weighted by Gasteiger charge is -2.18. The van der Waals surface area contributed by atoms with Gasteiger partial charge >= 0.3 is 17.9 Å². The maximum Gasteiger partial charge on any atom is 0.306 e. The van der Waals surface area contributed by atoms with Crippen molar-refractivity contribution in [3.63, 3.8) is 0 Å². The van der Waals surface area contributed by atoms with Gasteiger partial charge in [0.1, 0.15) is 13.2 Å². The second-order valence-electron chi connectivity index (χ2n) is 18.1. The molecule has 0 aliphatic rings. The van der Waals surface area contributed by atoms with Gasteiger partial charge in [-0.15, -0.1) is 0 Å². The van der Waals surface area contributed by atoms with Gasteiger partial charge in [0.25, 0.3) is 0 Å². The molecule has 0 fully saturated rings. The minimum Gasteiger partial charge on any atom is -0.462 e. The van der Waals surface area contributed by atoms with Crippen LogP contribution in [0.5, 0.6) is 0 Å². The van der Waals surface area contributed by atoms with Gasteiger partial charge in [-0.3, -0.25) is 14.4 Å². The van der Waals surface area contributed by atoms with Crippen molar-refractivity contribution >= 4 is 17.9 Å². The fourth-order valence-electron chi connectivity index (χ4n) is 7.62. The molecule has 0 aromatic rings. The van der Waals surface area contributed by atoms with Crippen LogP contribution in [0.3, 0.4) is 0 Å². The zero-order valence-corrected chi connectivity index (χ0v) is 42.7. The highest BCUT2D eigenvalue weighted by Crippen LogP contribution is 2.15. The third-order valence-corrected chi connectivity index (χ3v) is 11.7. The van der Waals surface area contributed by atoms with Crippen LogP contribution < -0.4 is 0 Å². The number of unbranched alkanes of at least 4 members (excludes halogenated alkanes) is 26. The van der Waals surface area contributed by atoms with E-state index in [9.17, 15) is 14.4 Å². The van der Waals surface area contributed by atoms with E-state index in [0.717, 1.165) is 96.3 Å². The fourth-order valence-corrected chi connectivity index (χ4v) is 7.62. The van der Waals surface area contributed by atoms with Crippen LogP contribution in [0.25, 0.3) is 0 Å². The molecule has 0 spiro atoms. The number of carbonyl (C=O) groups excluding carboxylic acids is 3. The monoisotopic (exact) mass is 907 g/mol. The molecule has 0 saturated heterocycles.